The lowest BCUT2D eigenvalue weighted by Gasteiger charge is -2.33. The van der Waals surface area contributed by atoms with E-state index in [0.717, 1.165) is 31.7 Å². The number of rotatable bonds is 3. The number of hydrogen-bond acceptors (Lipinski definition) is 3. The van der Waals surface area contributed by atoms with Crippen LogP contribution in [0, 0.1) is 6.92 Å². The summed E-state index contributed by atoms with van der Waals surface area (Å²) >= 11 is 3.59. The molecule has 0 bridgehead atoms. The molecule has 0 spiro atoms. The van der Waals surface area contributed by atoms with Crippen molar-refractivity contribution in [1.29, 1.82) is 0 Å². The molecule has 2 heterocycles. The number of benzene rings is 1. The van der Waals surface area contributed by atoms with Crippen molar-refractivity contribution in [3.63, 3.8) is 0 Å². The number of hydrogen-bond donors (Lipinski definition) is 1. The summed E-state index contributed by atoms with van der Waals surface area (Å²) in [4.78, 5) is 6.80. The van der Waals surface area contributed by atoms with Crippen LogP contribution in [0.15, 0.2) is 47.1 Å². The minimum atomic E-state index is 0.541. The molecule has 1 aromatic heterocycles. The molecule has 4 heteroatoms. The first kappa shape index (κ1) is 14.4. The van der Waals surface area contributed by atoms with E-state index in [9.17, 15) is 0 Å². The summed E-state index contributed by atoms with van der Waals surface area (Å²) in [5, 5.41) is 3.64. The molecule has 1 saturated heterocycles. The largest absolute Gasteiger partial charge is 0.382 e. The Bertz CT molecular complexity index is 592. The molecule has 0 amide bonds. The van der Waals surface area contributed by atoms with Crippen LogP contribution >= 0.6 is 15.9 Å². The van der Waals surface area contributed by atoms with Gasteiger partial charge in [-0.05, 0) is 49.6 Å². The van der Waals surface area contributed by atoms with Gasteiger partial charge in [0, 0.05) is 35.5 Å². The third kappa shape index (κ3) is 3.56. The third-order valence-electron chi connectivity index (χ3n) is 4.01. The van der Waals surface area contributed by atoms with E-state index in [1.54, 1.807) is 0 Å². The quantitative estimate of drug-likeness (QED) is 0.901. The topological polar surface area (TPSA) is 28.2 Å². The van der Waals surface area contributed by atoms with Crippen molar-refractivity contribution >= 4 is 27.4 Å². The highest BCUT2D eigenvalue weighted by molar-refractivity contribution is 9.10. The molecule has 1 fully saturated rings. The number of halogens is 1. The fraction of sp³-hybridized carbons (Fsp3) is 0.353. The molecule has 0 saturated carbocycles. The fourth-order valence-electron chi connectivity index (χ4n) is 2.71. The second-order valence-corrected chi connectivity index (χ2v) is 6.41. The molecular weight excluding hydrogens is 326 g/mol. The molecule has 0 atom stereocenters. The number of nitrogens with one attached hydrogen (secondary N) is 1. The summed E-state index contributed by atoms with van der Waals surface area (Å²) in [6.45, 7) is 4.22. The van der Waals surface area contributed by atoms with Crippen LogP contribution in [-0.4, -0.2) is 24.1 Å². The first-order valence-electron chi connectivity index (χ1n) is 7.41. The maximum Gasteiger partial charge on any atom is 0.128 e. The van der Waals surface area contributed by atoms with Gasteiger partial charge in [0.15, 0.2) is 0 Å². The zero-order valence-corrected chi connectivity index (χ0v) is 13.8. The lowest BCUT2D eigenvalue weighted by Crippen LogP contribution is -2.39. The molecule has 21 heavy (non-hydrogen) atoms. The van der Waals surface area contributed by atoms with Gasteiger partial charge in [0.25, 0.3) is 0 Å². The van der Waals surface area contributed by atoms with Crippen LogP contribution < -0.4 is 10.2 Å². The maximum absolute atomic E-state index is 4.43. The van der Waals surface area contributed by atoms with Crippen molar-refractivity contribution in [3.05, 3.63) is 52.6 Å². The first-order chi connectivity index (χ1) is 10.2. The molecule has 2 aromatic rings. The fourth-order valence-corrected chi connectivity index (χ4v) is 3.09. The molecule has 0 aliphatic carbocycles. The van der Waals surface area contributed by atoms with E-state index in [4.69, 9.17) is 0 Å². The Balaban J connectivity index is 1.57. The smallest absolute Gasteiger partial charge is 0.128 e. The molecule has 110 valence electrons. The van der Waals surface area contributed by atoms with Crippen LogP contribution in [0.5, 0.6) is 0 Å². The highest BCUT2D eigenvalue weighted by Crippen LogP contribution is 2.24. The maximum atomic E-state index is 4.43. The standard InChI is InChI=1S/C17H20BrN3/c1-13-5-6-15(12-16(13)18)20-14-7-10-21(11-8-14)17-4-2-3-9-19-17/h2-6,9,12,14,20H,7-8,10-11H2,1H3. The summed E-state index contributed by atoms with van der Waals surface area (Å²) in [6.07, 6.45) is 4.15. The zero-order valence-electron chi connectivity index (χ0n) is 12.2. The van der Waals surface area contributed by atoms with E-state index in [2.05, 4.69) is 68.4 Å². The molecule has 1 N–H and O–H groups in total. The van der Waals surface area contributed by atoms with E-state index >= 15 is 0 Å². The predicted molar refractivity (Wildman–Crippen MR) is 92.0 cm³/mol. The van der Waals surface area contributed by atoms with Gasteiger partial charge in [-0.1, -0.05) is 28.1 Å². The summed E-state index contributed by atoms with van der Waals surface area (Å²) in [6, 6.07) is 13.1. The lowest BCUT2D eigenvalue weighted by molar-refractivity contribution is 0.523. The van der Waals surface area contributed by atoms with Gasteiger partial charge in [-0.25, -0.2) is 4.98 Å². The minimum Gasteiger partial charge on any atom is -0.382 e. The average Bonchev–Trinajstić information content (AvgIpc) is 2.53. The van der Waals surface area contributed by atoms with Crippen LogP contribution in [-0.2, 0) is 0 Å². The molecule has 0 radical (unpaired) electrons. The summed E-state index contributed by atoms with van der Waals surface area (Å²) in [5.74, 6) is 1.09. The van der Waals surface area contributed by atoms with Gasteiger partial charge >= 0.3 is 0 Å². The number of aryl methyl sites for hydroxylation is 1. The van der Waals surface area contributed by atoms with Crippen molar-refractivity contribution in [3.8, 4) is 0 Å². The predicted octanol–water partition coefficient (Wildman–Crippen LogP) is 4.23. The second kappa shape index (κ2) is 6.48. The van der Waals surface area contributed by atoms with Gasteiger partial charge in [0.2, 0.25) is 0 Å². The van der Waals surface area contributed by atoms with Gasteiger partial charge in [-0.15, -0.1) is 0 Å². The van der Waals surface area contributed by atoms with Gasteiger partial charge in [0.05, 0.1) is 0 Å². The van der Waals surface area contributed by atoms with Gasteiger partial charge in [0.1, 0.15) is 5.82 Å². The van der Waals surface area contributed by atoms with Crippen molar-refractivity contribution in [2.45, 2.75) is 25.8 Å². The van der Waals surface area contributed by atoms with Gasteiger partial charge in [-0.2, -0.15) is 0 Å². The molecule has 1 aromatic carbocycles. The second-order valence-electron chi connectivity index (χ2n) is 5.56. The summed E-state index contributed by atoms with van der Waals surface area (Å²) < 4.78 is 1.17. The van der Waals surface area contributed by atoms with Crippen LogP contribution in [0.25, 0.3) is 0 Å². The van der Waals surface area contributed by atoms with Crippen LogP contribution in [0.2, 0.25) is 0 Å². The van der Waals surface area contributed by atoms with E-state index in [1.165, 1.54) is 15.7 Å². The van der Waals surface area contributed by atoms with Crippen molar-refractivity contribution < 1.29 is 0 Å². The first-order valence-corrected chi connectivity index (χ1v) is 8.20. The van der Waals surface area contributed by atoms with Gasteiger partial charge in [-0.3, -0.25) is 0 Å². The Kier molecular flexibility index (Phi) is 4.44. The molecule has 3 nitrogen and oxygen atoms in total. The van der Waals surface area contributed by atoms with Crippen molar-refractivity contribution in [1.82, 2.24) is 4.98 Å². The minimum absolute atomic E-state index is 0.541. The Hall–Kier alpha value is -1.55. The highest BCUT2D eigenvalue weighted by atomic mass is 79.9. The molecule has 1 aliphatic rings. The van der Waals surface area contributed by atoms with Crippen molar-refractivity contribution in [2.75, 3.05) is 23.3 Å². The lowest BCUT2D eigenvalue weighted by atomic mass is 10.0. The molecular formula is C17H20BrN3. The Morgan fingerprint density at radius 2 is 2.00 bits per heavy atom. The number of aromatic nitrogens is 1. The zero-order chi connectivity index (χ0) is 14.7. The third-order valence-corrected chi connectivity index (χ3v) is 4.87. The molecule has 3 rings (SSSR count). The van der Waals surface area contributed by atoms with E-state index in [0.29, 0.717) is 6.04 Å². The highest BCUT2D eigenvalue weighted by Gasteiger charge is 2.19. The Labute approximate surface area is 134 Å². The van der Waals surface area contributed by atoms with E-state index < -0.39 is 0 Å². The van der Waals surface area contributed by atoms with Crippen LogP contribution in [0.3, 0.4) is 0 Å². The number of pyridine rings is 1. The van der Waals surface area contributed by atoms with Gasteiger partial charge < -0.3 is 10.2 Å². The Morgan fingerprint density at radius 3 is 2.67 bits per heavy atom. The number of anilines is 2. The van der Waals surface area contributed by atoms with Crippen LogP contribution in [0.4, 0.5) is 11.5 Å². The number of piperidine rings is 1. The number of nitrogens with zero attached hydrogens (tertiary/aromatic N) is 2. The van der Waals surface area contributed by atoms with E-state index in [1.807, 2.05) is 12.3 Å². The van der Waals surface area contributed by atoms with E-state index in [-0.39, 0.29) is 0 Å². The monoisotopic (exact) mass is 345 g/mol. The molecule has 0 unspecified atom stereocenters. The Morgan fingerprint density at radius 1 is 1.19 bits per heavy atom. The normalized spacial score (nSPS) is 16.0. The van der Waals surface area contributed by atoms with Crippen LogP contribution in [0.1, 0.15) is 18.4 Å². The van der Waals surface area contributed by atoms with Crippen molar-refractivity contribution in [2.24, 2.45) is 0 Å². The summed E-state index contributed by atoms with van der Waals surface area (Å²) in [5.41, 5.74) is 2.47. The molecule has 1 aliphatic heterocycles. The summed E-state index contributed by atoms with van der Waals surface area (Å²) in [7, 11) is 0. The SMILES string of the molecule is Cc1ccc(NC2CCN(c3ccccn3)CC2)cc1Br. The average molecular weight is 346 g/mol.